The zero-order chi connectivity index (χ0) is 19.6. The highest BCUT2D eigenvalue weighted by Gasteiger charge is 2.16. The summed E-state index contributed by atoms with van der Waals surface area (Å²) in [6.45, 7) is 4.99. The van der Waals surface area contributed by atoms with Crippen molar-refractivity contribution < 1.29 is 9.32 Å². The lowest BCUT2D eigenvalue weighted by Crippen LogP contribution is -2.25. The van der Waals surface area contributed by atoms with E-state index in [4.69, 9.17) is 4.52 Å². The Labute approximate surface area is 158 Å². The highest BCUT2D eigenvalue weighted by molar-refractivity contribution is 5.94. The number of rotatable bonds is 6. The SMILES string of the molecule is CCn1nc(-c2ccc(C(=O)N(C)Cc3cc(C)no3)cc2)nc1N(C)C. The fourth-order valence-corrected chi connectivity index (χ4v) is 2.78. The summed E-state index contributed by atoms with van der Waals surface area (Å²) in [7, 11) is 5.61. The minimum atomic E-state index is -0.0865. The van der Waals surface area contributed by atoms with Gasteiger partial charge in [0.15, 0.2) is 11.6 Å². The van der Waals surface area contributed by atoms with Crippen LogP contribution in [0.4, 0.5) is 5.95 Å². The van der Waals surface area contributed by atoms with Crippen molar-refractivity contribution in [2.24, 2.45) is 0 Å². The Bertz CT molecular complexity index is 926. The van der Waals surface area contributed by atoms with E-state index in [0.717, 1.165) is 23.8 Å². The molecule has 0 N–H and O–H groups in total. The molecule has 2 aromatic heterocycles. The second-order valence-corrected chi connectivity index (χ2v) is 6.62. The topological polar surface area (TPSA) is 80.3 Å². The highest BCUT2D eigenvalue weighted by Crippen LogP contribution is 2.20. The molecular weight excluding hydrogens is 344 g/mol. The molecule has 3 aromatic rings. The lowest BCUT2D eigenvalue weighted by molar-refractivity contribution is 0.0772. The van der Waals surface area contributed by atoms with Crippen molar-refractivity contribution in [2.45, 2.75) is 26.9 Å². The number of aromatic nitrogens is 4. The summed E-state index contributed by atoms with van der Waals surface area (Å²) in [6.07, 6.45) is 0. The lowest BCUT2D eigenvalue weighted by atomic mass is 10.1. The molecule has 8 nitrogen and oxygen atoms in total. The van der Waals surface area contributed by atoms with Crippen molar-refractivity contribution in [3.8, 4) is 11.4 Å². The third-order valence-corrected chi connectivity index (χ3v) is 4.16. The van der Waals surface area contributed by atoms with Crippen LogP contribution >= 0.6 is 0 Å². The van der Waals surface area contributed by atoms with Gasteiger partial charge in [0, 0.05) is 44.9 Å². The van der Waals surface area contributed by atoms with Crippen molar-refractivity contribution in [2.75, 3.05) is 26.0 Å². The van der Waals surface area contributed by atoms with Gasteiger partial charge in [0.25, 0.3) is 5.91 Å². The molecule has 8 heteroatoms. The van der Waals surface area contributed by atoms with E-state index in [1.165, 1.54) is 0 Å². The number of hydrogen-bond acceptors (Lipinski definition) is 6. The lowest BCUT2D eigenvalue weighted by Gasteiger charge is -2.15. The Morgan fingerprint density at radius 1 is 1.19 bits per heavy atom. The summed E-state index contributed by atoms with van der Waals surface area (Å²) in [4.78, 5) is 20.7. The van der Waals surface area contributed by atoms with Crippen LogP contribution in [-0.2, 0) is 13.1 Å². The minimum absolute atomic E-state index is 0.0865. The summed E-state index contributed by atoms with van der Waals surface area (Å²) < 4.78 is 7.02. The molecule has 0 atom stereocenters. The largest absolute Gasteiger partial charge is 0.359 e. The van der Waals surface area contributed by atoms with Crippen LogP contribution < -0.4 is 4.90 Å². The first kappa shape index (κ1) is 18.6. The average Bonchev–Trinajstić information content (AvgIpc) is 3.27. The molecule has 27 heavy (non-hydrogen) atoms. The number of amides is 1. The number of carbonyl (C=O) groups is 1. The third-order valence-electron chi connectivity index (χ3n) is 4.16. The molecule has 0 fully saturated rings. The molecule has 1 aromatic carbocycles. The van der Waals surface area contributed by atoms with E-state index in [2.05, 4.69) is 15.2 Å². The minimum Gasteiger partial charge on any atom is -0.359 e. The van der Waals surface area contributed by atoms with Gasteiger partial charge in [-0.05, 0) is 26.0 Å². The number of aryl methyl sites for hydroxylation is 2. The van der Waals surface area contributed by atoms with Gasteiger partial charge in [-0.25, -0.2) is 4.68 Å². The first-order valence-electron chi connectivity index (χ1n) is 8.79. The van der Waals surface area contributed by atoms with Crippen LogP contribution in [0.1, 0.15) is 28.7 Å². The molecule has 0 saturated carbocycles. The molecule has 1 amide bonds. The zero-order valence-corrected chi connectivity index (χ0v) is 16.3. The van der Waals surface area contributed by atoms with E-state index >= 15 is 0 Å². The van der Waals surface area contributed by atoms with Gasteiger partial charge in [-0.3, -0.25) is 4.79 Å². The van der Waals surface area contributed by atoms with Crippen LogP contribution in [0, 0.1) is 6.92 Å². The summed E-state index contributed by atoms with van der Waals surface area (Å²) in [6, 6.07) is 9.15. The van der Waals surface area contributed by atoms with Crippen molar-refractivity contribution >= 4 is 11.9 Å². The van der Waals surface area contributed by atoms with Crippen molar-refractivity contribution in [3.05, 3.63) is 47.3 Å². The van der Waals surface area contributed by atoms with Crippen LogP contribution in [0.25, 0.3) is 11.4 Å². The van der Waals surface area contributed by atoms with Gasteiger partial charge in [-0.2, -0.15) is 4.98 Å². The number of nitrogens with zero attached hydrogens (tertiary/aromatic N) is 6. The van der Waals surface area contributed by atoms with Gasteiger partial charge in [-0.15, -0.1) is 5.10 Å². The number of anilines is 1. The molecule has 0 saturated heterocycles. The standard InChI is InChI=1S/C19H24N6O2/c1-6-25-19(23(3)4)20-17(21-25)14-7-9-15(10-8-14)18(26)24(5)12-16-11-13(2)22-27-16/h7-11H,6,12H2,1-5H3. The Morgan fingerprint density at radius 2 is 1.89 bits per heavy atom. The normalized spacial score (nSPS) is 10.9. The fourth-order valence-electron chi connectivity index (χ4n) is 2.78. The molecular formula is C19H24N6O2. The second kappa shape index (κ2) is 7.61. The molecule has 2 heterocycles. The maximum atomic E-state index is 12.6. The Kier molecular flexibility index (Phi) is 5.25. The quantitative estimate of drug-likeness (QED) is 0.665. The van der Waals surface area contributed by atoms with Crippen LogP contribution in [-0.4, -0.2) is 51.9 Å². The molecule has 0 radical (unpaired) electrons. The number of hydrogen-bond donors (Lipinski definition) is 0. The zero-order valence-electron chi connectivity index (χ0n) is 16.3. The van der Waals surface area contributed by atoms with Crippen LogP contribution in [0.15, 0.2) is 34.9 Å². The molecule has 0 spiro atoms. The van der Waals surface area contributed by atoms with E-state index in [1.54, 1.807) is 24.1 Å². The molecule has 0 bridgehead atoms. The monoisotopic (exact) mass is 368 g/mol. The maximum absolute atomic E-state index is 12.6. The van der Waals surface area contributed by atoms with Gasteiger partial charge in [0.05, 0.1) is 12.2 Å². The second-order valence-electron chi connectivity index (χ2n) is 6.62. The summed E-state index contributed by atoms with van der Waals surface area (Å²) in [5, 5.41) is 8.38. The Hall–Kier alpha value is -3.16. The Morgan fingerprint density at radius 3 is 2.41 bits per heavy atom. The van der Waals surface area contributed by atoms with Crippen molar-refractivity contribution in [1.82, 2.24) is 24.8 Å². The molecule has 0 aliphatic carbocycles. The molecule has 0 unspecified atom stereocenters. The van der Waals surface area contributed by atoms with Crippen LogP contribution in [0.5, 0.6) is 0 Å². The van der Waals surface area contributed by atoms with Gasteiger partial charge >= 0.3 is 0 Å². The van der Waals surface area contributed by atoms with E-state index < -0.39 is 0 Å². The Balaban J connectivity index is 1.75. The fraction of sp³-hybridized carbons (Fsp3) is 0.368. The van der Waals surface area contributed by atoms with E-state index in [1.807, 2.05) is 55.7 Å². The van der Waals surface area contributed by atoms with Crippen molar-refractivity contribution in [3.63, 3.8) is 0 Å². The maximum Gasteiger partial charge on any atom is 0.254 e. The third kappa shape index (κ3) is 3.99. The van der Waals surface area contributed by atoms with Crippen LogP contribution in [0.2, 0.25) is 0 Å². The van der Waals surface area contributed by atoms with E-state index in [-0.39, 0.29) is 5.91 Å². The smallest absolute Gasteiger partial charge is 0.254 e. The van der Waals surface area contributed by atoms with Gasteiger partial charge < -0.3 is 14.3 Å². The number of carbonyl (C=O) groups excluding carboxylic acids is 1. The summed E-state index contributed by atoms with van der Waals surface area (Å²) in [5.74, 6) is 2.02. The van der Waals surface area contributed by atoms with Gasteiger partial charge in [0.2, 0.25) is 5.95 Å². The first-order valence-corrected chi connectivity index (χ1v) is 8.79. The summed E-state index contributed by atoms with van der Waals surface area (Å²) >= 11 is 0. The molecule has 142 valence electrons. The highest BCUT2D eigenvalue weighted by atomic mass is 16.5. The molecule has 0 aliphatic rings. The van der Waals surface area contributed by atoms with Gasteiger partial charge in [0.1, 0.15) is 0 Å². The average molecular weight is 368 g/mol. The van der Waals surface area contributed by atoms with Crippen molar-refractivity contribution in [1.29, 1.82) is 0 Å². The first-order chi connectivity index (χ1) is 12.9. The molecule has 3 rings (SSSR count). The van der Waals surface area contributed by atoms with Gasteiger partial charge in [-0.1, -0.05) is 17.3 Å². The van der Waals surface area contributed by atoms with E-state index in [9.17, 15) is 4.79 Å². The predicted molar refractivity (Wildman–Crippen MR) is 102 cm³/mol. The summed E-state index contributed by atoms with van der Waals surface area (Å²) in [5.41, 5.74) is 2.27. The van der Waals surface area contributed by atoms with Crippen LogP contribution in [0.3, 0.4) is 0 Å². The van der Waals surface area contributed by atoms with E-state index in [0.29, 0.717) is 23.7 Å². The number of benzene rings is 1. The molecule has 0 aliphatic heterocycles. The predicted octanol–water partition coefficient (Wildman–Crippen LogP) is 2.60.